The Labute approximate surface area is 177 Å². The summed E-state index contributed by atoms with van der Waals surface area (Å²) >= 11 is 5.79. The minimum absolute atomic E-state index is 0.0957. The largest absolute Gasteiger partial charge is 0.484 e. The molecular weight excluding hydrogens is 409 g/mol. The lowest BCUT2D eigenvalue weighted by atomic mass is 10.2. The van der Waals surface area contributed by atoms with Gasteiger partial charge in [0.25, 0.3) is 11.8 Å². The summed E-state index contributed by atoms with van der Waals surface area (Å²) in [6, 6.07) is 19.0. The van der Waals surface area contributed by atoms with E-state index in [9.17, 15) is 14.0 Å². The number of para-hydroxylation sites is 1. The molecule has 152 valence electrons. The monoisotopic (exact) mass is 425 g/mol. The third kappa shape index (κ3) is 6.15. The average molecular weight is 426 g/mol. The Hall–Kier alpha value is -3.71. The van der Waals surface area contributed by atoms with Gasteiger partial charge < -0.3 is 10.1 Å². The number of amides is 2. The van der Waals surface area contributed by atoms with Crippen molar-refractivity contribution in [3.63, 3.8) is 0 Å². The maximum absolute atomic E-state index is 13.5. The number of anilines is 1. The SMILES string of the molecule is O=C(COc1ccc(/C=N/NC(=O)c2ccc(Cl)cc2)cc1)Nc1ccccc1F. The molecule has 3 aromatic rings. The molecule has 2 amide bonds. The number of benzene rings is 3. The zero-order chi connectivity index (χ0) is 21.3. The molecule has 0 saturated carbocycles. The summed E-state index contributed by atoms with van der Waals surface area (Å²) in [5, 5.41) is 6.88. The number of nitrogens with one attached hydrogen (secondary N) is 2. The van der Waals surface area contributed by atoms with E-state index in [1.807, 2.05) is 0 Å². The van der Waals surface area contributed by atoms with Crippen LogP contribution >= 0.6 is 11.6 Å². The highest BCUT2D eigenvalue weighted by Crippen LogP contribution is 2.14. The van der Waals surface area contributed by atoms with Gasteiger partial charge in [-0.15, -0.1) is 0 Å². The maximum Gasteiger partial charge on any atom is 0.271 e. The molecule has 0 spiro atoms. The van der Waals surface area contributed by atoms with Gasteiger partial charge in [0.15, 0.2) is 6.61 Å². The lowest BCUT2D eigenvalue weighted by Gasteiger charge is -2.08. The van der Waals surface area contributed by atoms with Crippen LogP contribution in [0.25, 0.3) is 0 Å². The van der Waals surface area contributed by atoms with E-state index < -0.39 is 11.7 Å². The lowest BCUT2D eigenvalue weighted by molar-refractivity contribution is -0.118. The number of ether oxygens (including phenoxy) is 1. The summed E-state index contributed by atoms with van der Waals surface area (Å²) in [7, 11) is 0. The van der Waals surface area contributed by atoms with Gasteiger partial charge in [0, 0.05) is 10.6 Å². The molecule has 3 aromatic carbocycles. The fraction of sp³-hybridized carbons (Fsp3) is 0.0455. The van der Waals surface area contributed by atoms with Gasteiger partial charge in [-0.1, -0.05) is 23.7 Å². The van der Waals surface area contributed by atoms with Crippen molar-refractivity contribution in [1.29, 1.82) is 0 Å². The molecule has 2 N–H and O–H groups in total. The number of rotatable bonds is 7. The van der Waals surface area contributed by atoms with Crippen molar-refractivity contribution in [2.45, 2.75) is 0 Å². The van der Waals surface area contributed by atoms with E-state index in [0.29, 0.717) is 16.3 Å². The molecule has 0 radical (unpaired) electrons. The van der Waals surface area contributed by atoms with Gasteiger partial charge in [-0.25, -0.2) is 9.82 Å². The van der Waals surface area contributed by atoms with Crippen LogP contribution in [-0.4, -0.2) is 24.6 Å². The van der Waals surface area contributed by atoms with Crippen LogP contribution in [0.15, 0.2) is 77.9 Å². The summed E-state index contributed by atoms with van der Waals surface area (Å²) in [6.45, 7) is -0.265. The molecule has 0 aliphatic rings. The van der Waals surface area contributed by atoms with Crippen LogP contribution in [0.2, 0.25) is 5.02 Å². The van der Waals surface area contributed by atoms with Crippen LogP contribution in [0.4, 0.5) is 10.1 Å². The first kappa shape index (κ1) is 21.0. The molecule has 0 fully saturated rings. The number of hydrazone groups is 1. The zero-order valence-corrected chi connectivity index (χ0v) is 16.4. The van der Waals surface area contributed by atoms with E-state index in [2.05, 4.69) is 15.8 Å². The summed E-state index contributed by atoms with van der Waals surface area (Å²) in [6.07, 6.45) is 1.47. The van der Waals surface area contributed by atoms with Crippen LogP contribution in [0, 0.1) is 5.82 Å². The molecule has 0 unspecified atom stereocenters. The molecule has 3 rings (SSSR count). The van der Waals surface area contributed by atoms with Gasteiger partial charge in [-0.05, 0) is 66.2 Å². The second-order valence-electron chi connectivity index (χ2n) is 6.09. The number of hydrogen-bond donors (Lipinski definition) is 2. The Morgan fingerprint density at radius 2 is 1.70 bits per heavy atom. The molecule has 0 aliphatic heterocycles. The first-order valence-electron chi connectivity index (χ1n) is 8.87. The Kier molecular flexibility index (Phi) is 7.13. The molecule has 0 heterocycles. The predicted octanol–water partition coefficient (Wildman–Crippen LogP) is 4.26. The van der Waals surface area contributed by atoms with Crippen LogP contribution in [0.1, 0.15) is 15.9 Å². The van der Waals surface area contributed by atoms with Crippen molar-refractivity contribution >= 4 is 35.3 Å². The Morgan fingerprint density at radius 3 is 2.40 bits per heavy atom. The van der Waals surface area contributed by atoms with Crippen LogP contribution in [0.5, 0.6) is 5.75 Å². The van der Waals surface area contributed by atoms with E-state index >= 15 is 0 Å². The lowest BCUT2D eigenvalue weighted by Crippen LogP contribution is -2.20. The normalized spacial score (nSPS) is 10.6. The number of nitrogens with zero attached hydrogens (tertiary/aromatic N) is 1. The molecule has 0 atom stereocenters. The quantitative estimate of drug-likeness (QED) is 0.438. The molecule has 8 heteroatoms. The topological polar surface area (TPSA) is 79.8 Å². The van der Waals surface area contributed by atoms with Gasteiger partial charge in [0.1, 0.15) is 11.6 Å². The van der Waals surface area contributed by atoms with Crippen molar-refractivity contribution in [3.8, 4) is 5.75 Å². The van der Waals surface area contributed by atoms with Gasteiger partial charge in [-0.2, -0.15) is 5.10 Å². The minimum Gasteiger partial charge on any atom is -0.484 e. The smallest absolute Gasteiger partial charge is 0.271 e. The third-order valence-corrected chi connectivity index (χ3v) is 4.14. The Bertz CT molecular complexity index is 1050. The summed E-state index contributed by atoms with van der Waals surface area (Å²) in [5.41, 5.74) is 3.67. The highest BCUT2D eigenvalue weighted by Gasteiger charge is 2.07. The van der Waals surface area contributed by atoms with Crippen molar-refractivity contribution in [2.24, 2.45) is 5.10 Å². The number of hydrogen-bond acceptors (Lipinski definition) is 4. The molecule has 0 bridgehead atoms. The van der Waals surface area contributed by atoms with Crippen LogP contribution in [-0.2, 0) is 4.79 Å². The van der Waals surface area contributed by atoms with E-state index in [0.717, 1.165) is 5.56 Å². The fourth-order valence-electron chi connectivity index (χ4n) is 2.38. The van der Waals surface area contributed by atoms with Crippen LogP contribution in [0.3, 0.4) is 0 Å². The second-order valence-corrected chi connectivity index (χ2v) is 6.53. The van der Waals surface area contributed by atoms with E-state index in [-0.39, 0.29) is 18.2 Å². The summed E-state index contributed by atoms with van der Waals surface area (Å²) in [5.74, 6) is -0.891. The Morgan fingerprint density at radius 1 is 1.00 bits per heavy atom. The van der Waals surface area contributed by atoms with Crippen molar-refractivity contribution in [2.75, 3.05) is 11.9 Å². The van der Waals surface area contributed by atoms with Gasteiger partial charge in [-0.3, -0.25) is 9.59 Å². The minimum atomic E-state index is -0.516. The average Bonchev–Trinajstić information content (AvgIpc) is 2.75. The Balaban J connectivity index is 1.47. The number of halogens is 2. The fourth-order valence-corrected chi connectivity index (χ4v) is 2.51. The molecule has 0 aliphatic carbocycles. The highest BCUT2D eigenvalue weighted by molar-refractivity contribution is 6.30. The molecule has 6 nitrogen and oxygen atoms in total. The maximum atomic E-state index is 13.5. The third-order valence-electron chi connectivity index (χ3n) is 3.88. The first-order chi connectivity index (χ1) is 14.5. The van der Waals surface area contributed by atoms with Gasteiger partial charge in [0.2, 0.25) is 0 Å². The molecule has 0 aromatic heterocycles. The molecule has 0 saturated heterocycles. The highest BCUT2D eigenvalue weighted by atomic mass is 35.5. The zero-order valence-electron chi connectivity index (χ0n) is 15.6. The van der Waals surface area contributed by atoms with Crippen molar-refractivity contribution in [3.05, 3.63) is 94.8 Å². The van der Waals surface area contributed by atoms with Crippen LogP contribution < -0.4 is 15.5 Å². The summed E-state index contributed by atoms with van der Waals surface area (Å²) < 4.78 is 18.9. The second kappa shape index (κ2) is 10.2. The van der Waals surface area contributed by atoms with Gasteiger partial charge in [0.05, 0.1) is 11.9 Å². The standard InChI is InChI=1S/C22H17ClFN3O3/c23-17-9-7-16(8-10-17)22(29)27-25-13-15-5-11-18(12-6-15)30-14-21(28)26-20-4-2-1-3-19(20)24/h1-13H,14H2,(H,26,28)(H,27,29)/b25-13+. The molecular formula is C22H17ClFN3O3. The summed E-state index contributed by atoms with van der Waals surface area (Å²) in [4.78, 5) is 23.8. The van der Waals surface area contributed by atoms with Crippen molar-refractivity contribution in [1.82, 2.24) is 5.43 Å². The number of carbonyl (C=O) groups is 2. The van der Waals surface area contributed by atoms with E-state index in [1.54, 1.807) is 54.6 Å². The van der Waals surface area contributed by atoms with Crippen molar-refractivity contribution < 1.29 is 18.7 Å². The predicted molar refractivity (Wildman–Crippen MR) is 113 cm³/mol. The number of carbonyl (C=O) groups excluding carboxylic acids is 2. The first-order valence-corrected chi connectivity index (χ1v) is 9.25. The molecule has 30 heavy (non-hydrogen) atoms. The van der Waals surface area contributed by atoms with E-state index in [1.165, 1.54) is 24.4 Å². The van der Waals surface area contributed by atoms with Gasteiger partial charge >= 0.3 is 0 Å². The van der Waals surface area contributed by atoms with E-state index in [4.69, 9.17) is 16.3 Å².